The Labute approximate surface area is 104 Å². The Morgan fingerprint density at radius 3 is 2.61 bits per heavy atom. The molecule has 2 fully saturated rings. The number of hydrogen-bond donors (Lipinski definition) is 2. The summed E-state index contributed by atoms with van der Waals surface area (Å²) in [4.78, 5) is 4.63. The minimum Gasteiger partial charge on any atom is -0.371 e. The van der Waals surface area contributed by atoms with Gasteiger partial charge in [-0.05, 0) is 0 Å². The highest BCUT2D eigenvalue weighted by Crippen LogP contribution is 2.32. The second kappa shape index (κ2) is 5.21. The molecular weight excluding hydrogens is 266 g/mol. The Hall–Kier alpha value is -0.550. The van der Waals surface area contributed by atoms with E-state index in [1.807, 2.05) is 0 Å². The summed E-state index contributed by atoms with van der Waals surface area (Å²) in [7, 11) is -3.38. The molecule has 0 spiro atoms. The van der Waals surface area contributed by atoms with E-state index in [1.54, 1.807) is 0 Å². The standard InChI is InChI=1S/C9H15NO7S/c1-2-3-18(13,14)7-5-16-8-6(17-10(11)12)4-15-9(7)8/h2,6-9,11-12H,1,3-5H2/t6-,7+,8-,9-/m1/s1. The lowest BCUT2D eigenvalue weighted by Crippen LogP contribution is -2.39. The van der Waals surface area contributed by atoms with Gasteiger partial charge < -0.3 is 9.47 Å². The van der Waals surface area contributed by atoms with Crippen LogP contribution in [-0.4, -0.2) is 66.8 Å². The first-order valence-corrected chi connectivity index (χ1v) is 7.07. The predicted octanol–water partition coefficient (Wildman–Crippen LogP) is -0.866. The van der Waals surface area contributed by atoms with Crippen LogP contribution >= 0.6 is 0 Å². The molecule has 9 heteroatoms. The van der Waals surface area contributed by atoms with Gasteiger partial charge in [0, 0.05) is 0 Å². The first-order chi connectivity index (χ1) is 8.45. The molecule has 0 radical (unpaired) electrons. The zero-order valence-electron chi connectivity index (χ0n) is 9.51. The van der Waals surface area contributed by atoms with Gasteiger partial charge in [-0.15, -0.1) is 6.58 Å². The van der Waals surface area contributed by atoms with Crippen LogP contribution in [-0.2, 0) is 24.1 Å². The van der Waals surface area contributed by atoms with E-state index in [2.05, 4.69) is 11.4 Å². The van der Waals surface area contributed by atoms with E-state index in [0.29, 0.717) is 0 Å². The third-order valence-corrected chi connectivity index (χ3v) is 5.03. The molecular formula is C9H15NO7S. The Bertz CT molecular complexity index is 409. The van der Waals surface area contributed by atoms with E-state index in [4.69, 9.17) is 19.9 Å². The molecule has 0 aromatic rings. The second-order valence-electron chi connectivity index (χ2n) is 4.15. The van der Waals surface area contributed by atoms with Gasteiger partial charge in [-0.1, -0.05) is 6.08 Å². The molecule has 0 bridgehead atoms. The van der Waals surface area contributed by atoms with Crippen LogP contribution in [0.1, 0.15) is 0 Å². The molecule has 2 aliphatic rings. The highest BCUT2D eigenvalue weighted by molar-refractivity contribution is 7.92. The quantitative estimate of drug-likeness (QED) is 0.495. The van der Waals surface area contributed by atoms with Crippen molar-refractivity contribution in [3.63, 3.8) is 0 Å². The first-order valence-electron chi connectivity index (χ1n) is 5.36. The third kappa shape index (κ3) is 2.57. The maximum atomic E-state index is 11.9. The molecule has 0 saturated carbocycles. The monoisotopic (exact) mass is 281 g/mol. The van der Waals surface area contributed by atoms with Crippen LogP contribution in [0.5, 0.6) is 0 Å². The molecule has 18 heavy (non-hydrogen) atoms. The average Bonchev–Trinajstić information content (AvgIpc) is 2.80. The first kappa shape index (κ1) is 13.9. The largest absolute Gasteiger partial charge is 0.371 e. The third-order valence-electron chi connectivity index (χ3n) is 3.00. The van der Waals surface area contributed by atoms with Crippen molar-refractivity contribution in [2.75, 3.05) is 19.0 Å². The summed E-state index contributed by atoms with van der Waals surface area (Å²) in [6.07, 6.45) is -0.709. The van der Waals surface area contributed by atoms with E-state index in [1.165, 1.54) is 6.08 Å². The zero-order chi connectivity index (χ0) is 13.3. The van der Waals surface area contributed by atoms with Crippen molar-refractivity contribution in [3.05, 3.63) is 12.7 Å². The molecule has 2 heterocycles. The van der Waals surface area contributed by atoms with Crippen molar-refractivity contribution in [2.24, 2.45) is 0 Å². The molecule has 2 N–H and O–H groups in total. The van der Waals surface area contributed by atoms with Gasteiger partial charge in [0.1, 0.15) is 23.6 Å². The number of sulfone groups is 1. The van der Waals surface area contributed by atoms with E-state index < -0.39 is 38.8 Å². The van der Waals surface area contributed by atoms with Gasteiger partial charge in [0.05, 0.1) is 24.4 Å². The van der Waals surface area contributed by atoms with Gasteiger partial charge >= 0.3 is 0 Å². The van der Waals surface area contributed by atoms with Crippen molar-refractivity contribution < 1.29 is 33.1 Å². The van der Waals surface area contributed by atoms with Crippen LogP contribution in [0, 0.1) is 0 Å². The number of rotatable bonds is 5. The lowest BCUT2D eigenvalue weighted by atomic mass is 10.1. The molecule has 0 aromatic heterocycles. The van der Waals surface area contributed by atoms with E-state index in [-0.39, 0.29) is 19.0 Å². The summed E-state index contributed by atoms with van der Waals surface area (Å²) < 4.78 is 34.5. The van der Waals surface area contributed by atoms with Crippen LogP contribution in [0.15, 0.2) is 12.7 Å². The van der Waals surface area contributed by atoms with Gasteiger partial charge in [-0.2, -0.15) is 0 Å². The Kier molecular flexibility index (Phi) is 4.02. The molecule has 8 nitrogen and oxygen atoms in total. The van der Waals surface area contributed by atoms with E-state index in [9.17, 15) is 8.42 Å². The molecule has 0 unspecified atom stereocenters. The minimum absolute atomic E-state index is 0.00221. The molecule has 2 aliphatic heterocycles. The summed E-state index contributed by atoms with van der Waals surface area (Å²) >= 11 is 0. The fourth-order valence-corrected chi connectivity index (χ4v) is 3.74. The molecule has 0 aromatic carbocycles. The average molecular weight is 281 g/mol. The summed E-state index contributed by atoms with van der Waals surface area (Å²) in [6.45, 7) is 3.44. The summed E-state index contributed by atoms with van der Waals surface area (Å²) in [5.74, 6) is -0.148. The Balaban J connectivity index is 2.07. The molecule has 4 atom stereocenters. The highest BCUT2D eigenvalue weighted by atomic mass is 32.2. The van der Waals surface area contributed by atoms with Gasteiger partial charge in [0.25, 0.3) is 0 Å². The van der Waals surface area contributed by atoms with Gasteiger partial charge in [-0.3, -0.25) is 10.4 Å². The SMILES string of the molecule is C=CCS(=O)(=O)[C@H]1CO[C@H]2[C@@H]1OC[C@H]2ON(O)O. The van der Waals surface area contributed by atoms with Gasteiger partial charge in [0.15, 0.2) is 9.84 Å². The number of hydrogen-bond acceptors (Lipinski definition) is 8. The molecule has 0 aliphatic carbocycles. The maximum absolute atomic E-state index is 11.9. The molecule has 2 saturated heterocycles. The Morgan fingerprint density at radius 2 is 2.00 bits per heavy atom. The van der Waals surface area contributed by atoms with Crippen LogP contribution in [0.4, 0.5) is 0 Å². The zero-order valence-corrected chi connectivity index (χ0v) is 10.3. The van der Waals surface area contributed by atoms with Crippen LogP contribution in [0.3, 0.4) is 0 Å². The Morgan fingerprint density at radius 1 is 1.33 bits per heavy atom. The molecule has 104 valence electrons. The highest BCUT2D eigenvalue weighted by Gasteiger charge is 2.53. The van der Waals surface area contributed by atoms with Crippen LogP contribution in [0.25, 0.3) is 0 Å². The summed E-state index contributed by atoms with van der Waals surface area (Å²) in [6, 6.07) is 0. The number of ether oxygens (including phenoxy) is 2. The number of nitrogens with zero attached hydrogens (tertiary/aromatic N) is 1. The lowest BCUT2D eigenvalue weighted by Gasteiger charge is -2.17. The van der Waals surface area contributed by atoms with Crippen molar-refractivity contribution >= 4 is 9.84 Å². The van der Waals surface area contributed by atoms with Crippen molar-refractivity contribution in [3.8, 4) is 0 Å². The normalized spacial score (nSPS) is 35.9. The van der Waals surface area contributed by atoms with E-state index >= 15 is 0 Å². The molecule has 2 rings (SSSR count). The maximum Gasteiger partial charge on any atom is 0.161 e. The van der Waals surface area contributed by atoms with Crippen molar-refractivity contribution in [2.45, 2.75) is 23.6 Å². The van der Waals surface area contributed by atoms with Crippen LogP contribution < -0.4 is 0 Å². The van der Waals surface area contributed by atoms with Crippen LogP contribution in [0.2, 0.25) is 0 Å². The predicted molar refractivity (Wildman–Crippen MR) is 57.5 cm³/mol. The fraction of sp³-hybridized carbons (Fsp3) is 0.778. The number of fused-ring (bicyclic) bond motifs is 1. The minimum atomic E-state index is -3.38. The summed E-state index contributed by atoms with van der Waals surface area (Å²) in [5.41, 5.74) is 0. The second-order valence-corrected chi connectivity index (χ2v) is 6.41. The smallest absolute Gasteiger partial charge is 0.161 e. The lowest BCUT2D eigenvalue weighted by molar-refractivity contribution is -0.507. The van der Waals surface area contributed by atoms with E-state index in [0.717, 1.165) is 0 Å². The van der Waals surface area contributed by atoms with Gasteiger partial charge in [0.2, 0.25) is 0 Å². The topological polar surface area (TPSA) is 106 Å². The van der Waals surface area contributed by atoms with Gasteiger partial charge in [-0.25, -0.2) is 13.3 Å². The molecule has 0 amide bonds. The van der Waals surface area contributed by atoms with Crippen molar-refractivity contribution in [1.82, 2.24) is 5.39 Å². The summed E-state index contributed by atoms with van der Waals surface area (Å²) in [5, 5.41) is 15.9. The van der Waals surface area contributed by atoms with Crippen molar-refractivity contribution in [1.29, 1.82) is 0 Å². The fourth-order valence-electron chi connectivity index (χ4n) is 2.24.